The molecule has 4 rings (SSSR count). The summed E-state index contributed by atoms with van der Waals surface area (Å²) < 4.78 is 16.7. The van der Waals surface area contributed by atoms with Crippen LogP contribution in [-0.4, -0.2) is 67.6 Å². The molecule has 0 radical (unpaired) electrons. The summed E-state index contributed by atoms with van der Waals surface area (Å²) in [7, 11) is 0. The molecule has 32 heavy (non-hydrogen) atoms. The first-order valence-electron chi connectivity index (χ1n) is 10.6. The maximum absolute atomic E-state index is 12.5. The zero-order valence-electron chi connectivity index (χ0n) is 18.0. The van der Waals surface area contributed by atoms with Gasteiger partial charge in [-0.25, -0.2) is 4.99 Å². The van der Waals surface area contributed by atoms with Crippen molar-refractivity contribution in [3.8, 4) is 11.5 Å². The Balaban J connectivity index is 0.00000289. The van der Waals surface area contributed by atoms with E-state index in [4.69, 9.17) is 30.5 Å². The van der Waals surface area contributed by atoms with Crippen LogP contribution < -0.4 is 14.8 Å². The summed E-state index contributed by atoms with van der Waals surface area (Å²) >= 11 is 6.41. The van der Waals surface area contributed by atoms with Crippen LogP contribution in [0, 0.1) is 0 Å². The number of nitrogens with one attached hydrogen (secondary N) is 1. The topological polar surface area (TPSA) is 79.5 Å². The molecule has 8 nitrogen and oxygen atoms in total. The van der Waals surface area contributed by atoms with E-state index >= 15 is 0 Å². The molecule has 1 N–H and O–H groups in total. The molecule has 0 atom stereocenters. The van der Waals surface area contributed by atoms with Gasteiger partial charge in [0.2, 0.25) is 0 Å². The average molecular weight is 575 g/mol. The second kappa shape index (κ2) is 11.6. The third kappa shape index (κ3) is 5.80. The molecule has 0 bridgehead atoms. The van der Waals surface area contributed by atoms with E-state index in [-0.39, 0.29) is 29.9 Å². The van der Waals surface area contributed by atoms with E-state index in [0.717, 1.165) is 24.5 Å². The number of aliphatic imine (C=N–C) groups is 1. The summed E-state index contributed by atoms with van der Waals surface area (Å²) in [4.78, 5) is 21.3. The fourth-order valence-corrected chi connectivity index (χ4v) is 3.93. The zero-order valence-corrected chi connectivity index (χ0v) is 21.1. The molecule has 174 valence electrons. The highest BCUT2D eigenvalue weighted by molar-refractivity contribution is 14.0. The van der Waals surface area contributed by atoms with Gasteiger partial charge in [-0.05, 0) is 36.8 Å². The molecule has 1 fully saturated rings. The van der Waals surface area contributed by atoms with Gasteiger partial charge in [-0.1, -0.05) is 11.6 Å². The van der Waals surface area contributed by atoms with Crippen molar-refractivity contribution in [2.24, 2.45) is 4.99 Å². The van der Waals surface area contributed by atoms with E-state index in [1.165, 1.54) is 6.26 Å². The van der Waals surface area contributed by atoms with Crippen LogP contribution in [0.3, 0.4) is 0 Å². The van der Waals surface area contributed by atoms with E-state index < -0.39 is 0 Å². The summed E-state index contributed by atoms with van der Waals surface area (Å²) in [5, 5.41) is 3.89. The third-order valence-electron chi connectivity index (χ3n) is 5.21. The van der Waals surface area contributed by atoms with Crippen molar-refractivity contribution in [2.45, 2.75) is 19.9 Å². The normalized spacial score (nSPS) is 16.2. The van der Waals surface area contributed by atoms with Crippen LogP contribution in [0.25, 0.3) is 0 Å². The molecule has 2 aliphatic rings. The highest BCUT2D eigenvalue weighted by Crippen LogP contribution is 2.38. The number of carbonyl (C=O) groups excluding carboxylic acids is 1. The zero-order chi connectivity index (χ0) is 21.6. The number of furan rings is 1. The summed E-state index contributed by atoms with van der Waals surface area (Å²) in [5.74, 6) is 2.39. The predicted molar refractivity (Wildman–Crippen MR) is 133 cm³/mol. The van der Waals surface area contributed by atoms with Crippen LogP contribution in [0.5, 0.6) is 11.5 Å². The first-order chi connectivity index (χ1) is 15.2. The Hall–Kier alpha value is -2.14. The average Bonchev–Trinajstić information content (AvgIpc) is 3.22. The van der Waals surface area contributed by atoms with Crippen LogP contribution in [0.1, 0.15) is 29.5 Å². The van der Waals surface area contributed by atoms with Crippen molar-refractivity contribution in [3.63, 3.8) is 0 Å². The third-order valence-corrected chi connectivity index (χ3v) is 5.49. The highest BCUT2D eigenvalue weighted by atomic mass is 127. The van der Waals surface area contributed by atoms with Crippen molar-refractivity contribution in [1.82, 2.24) is 15.1 Å². The lowest BCUT2D eigenvalue weighted by Gasteiger charge is -2.36. The number of carbonyl (C=O) groups is 1. The molecule has 10 heteroatoms. The molecular formula is C22H28ClIN4O4. The van der Waals surface area contributed by atoms with E-state index in [1.807, 2.05) is 24.0 Å². The number of ether oxygens (including phenoxy) is 2. The van der Waals surface area contributed by atoms with Crippen molar-refractivity contribution in [3.05, 3.63) is 46.9 Å². The number of halogens is 2. The lowest BCUT2D eigenvalue weighted by molar-refractivity contribution is 0.0657. The van der Waals surface area contributed by atoms with E-state index in [2.05, 4.69) is 10.2 Å². The number of fused-ring (bicyclic) bond motifs is 1. The van der Waals surface area contributed by atoms with Crippen LogP contribution >= 0.6 is 35.6 Å². The van der Waals surface area contributed by atoms with Gasteiger partial charge in [-0.3, -0.25) is 4.79 Å². The largest absolute Gasteiger partial charge is 0.489 e. The monoisotopic (exact) mass is 574 g/mol. The first-order valence-corrected chi connectivity index (χ1v) is 11.0. The number of piperazine rings is 1. The Bertz CT molecular complexity index is 930. The van der Waals surface area contributed by atoms with Crippen molar-refractivity contribution in [1.29, 1.82) is 0 Å². The summed E-state index contributed by atoms with van der Waals surface area (Å²) in [6, 6.07) is 7.24. The molecule has 1 aromatic heterocycles. The maximum Gasteiger partial charge on any atom is 0.289 e. The first kappa shape index (κ1) is 24.5. The van der Waals surface area contributed by atoms with Crippen LogP contribution in [0.15, 0.2) is 39.9 Å². The smallest absolute Gasteiger partial charge is 0.289 e. The van der Waals surface area contributed by atoms with Crippen LogP contribution in [-0.2, 0) is 6.54 Å². The number of guanidine groups is 1. The molecule has 0 spiro atoms. The number of hydrogen-bond donors (Lipinski definition) is 1. The van der Waals surface area contributed by atoms with E-state index in [0.29, 0.717) is 68.2 Å². The van der Waals surface area contributed by atoms with Gasteiger partial charge in [0.15, 0.2) is 23.2 Å². The van der Waals surface area contributed by atoms with Gasteiger partial charge >= 0.3 is 0 Å². The van der Waals surface area contributed by atoms with Gasteiger partial charge in [0.25, 0.3) is 5.91 Å². The number of amides is 1. The standard InChI is InChI=1S/C22H27ClN4O4.HI/c1-2-24-22(27-8-6-26(7-9-27)21(28)18-5-3-10-29-18)25-15-16-13-17(23)20-19(14-16)30-11-4-12-31-20;/h3,5,10,13-14H,2,4,6-9,11-12,15H2,1H3,(H,24,25);1H. The van der Waals surface area contributed by atoms with Crippen LogP contribution in [0.2, 0.25) is 5.02 Å². The van der Waals surface area contributed by atoms with E-state index in [9.17, 15) is 4.79 Å². The molecule has 0 saturated carbocycles. The summed E-state index contributed by atoms with van der Waals surface area (Å²) in [5.41, 5.74) is 0.955. The Morgan fingerprint density at radius 2 is 1.91 bits per heavy atom. The Labute approximate surface area is 209 Å². The lowest BCUT2D eigenvalue weighted by atomic mass is 10.2. The van der Waals surface area contributed by atoms with Gasteiger partial charge in [-0.2, -0.15) is 0 Å². The summed E-state index contributed by atoms with van der Waals surface area (Å²) in [6.07, 6.45) is 2.35. The van der Waals surface area contributed by atoms with E-state index in [1.54, 1.807) is 12.1 Å². The molecule has 1 saturated heterocycles. The second-order valence-electron chi connectivity index (χ2n) is 7.38. The maximum atomic E-state index is 12.5. The number of rotatable bonds is 4. The second-order valence-corrected chi connectivity index (χ2v) is 7.79. The van der Waals surface area contributed by atoms with Crippen molar-refractivity contribution in [2.75, 3.05) is 45.9 Å². The summed E-state index contributed by atoms with van der Waals surface area (Å²) in [6.45, 7) is 7.08. The van der Waals surface area contributed by atoms with Gasteiger partial charge in [0, 0.05) is 39.1 Å². The molecule has 1 amide bonds. The van der Waals surface area contributed by atoms with Gasteiger partial charge < -0.3 is 29.0 Å². The fourth-order valence-electron chi connectivity index (χ4n) is 3.64. The quantitative estimate of drug-likeness (QED) is 0.341. The minimum absolute atomic E-state index is 0. The SMILES string of the molecule is CCNC(=NCc1cc(Cl)c2c(c1)OCCCO2)N1CCN(C(=O)c2ccco2)CC1.I. The number of hydrogen-bond acceptors (Lipinski definition) is 5. The fraction of sp³-hybridized carbons (Fsp3) is 0.455. The highest BCUT2D eigenvalue weighted by Gasteiger charge is 2.25. The van der Waals surface area contributed by atoms with Crippen LogP contribution in [0.4, 0.5) is 0 Å². The molecule has 2 aromatic rings. The number of benzene rings is 1. The van der Waals surface area contributed by atoms with Gasteiger partial charge in [0.1, 0.15) is 0 Å². The Morgan fingerprint density at radius 3 is 2.62 bits per heavy atom. The molecule has 3 heterocycles. The van der Waals surface area contributed by atoms with Gasteiger partial charge in [-0.15, -0.1) is 24.0 Å². The minimum Gasteiger partial charge on any atom is -0.489 e. The molecular weight excluding hydrogens is 547 g/mol. The van der Waals surface area contributed by atoms with Crippen molar-refractivity contribution >= 4 is 47.4 Å². The predicted octanol–water partition coefficient (Wildman–Crippen LogP) is 3.64. The molecule has 2 aliphatic heterocycles. The number of nitrogens with zero attached hydrogens (tertiary/aromatic N) is 3. The molecule has 0 unspecified atom stereocenters. The molecule has 0 aliphatic carbocycles. The Morgan fingerprint density at radius 1 is 1.16 bits per heavy atom. The Kier molecular flexibility index (Phi) is 8.92. The van der Waals surface area contributed by atoms with Crippen molar-refractivity contribution < 1.29 is 18.7 Å². The van der Waals surface area contributed by atoms with Gasteiger partial charge in [0.05, 0.1) is 31.0 Å². The minimum atomic E-state index is -0.0755. The molecule has 1 aromatic carbocycles. The lowest BCUT2D eigenvalue weighted by Crippen LogP contribution is -2.53.